The second kappa shape index (κ2) is 3.75. The van der Waals surface area contributed by atoms with Crippen LogP contribution >= 0.6 is 15.9 Å². The zero-order valence-electron chi connectivity index (χ0n) is 7.92. The Labute approximate surface area is 91.1 Å². The van der Waals surface area contributed by atoms with Crippen LogP contribution in [0.25, 0.3) is 10.9 Å². The van der Waals surface area contributed by atoms with Crippen molar-refractivity contribution in [2.45, 2.75) is 12.8 Å². The Morgan fingerprint density at radius 2 is 2.29 bits per heavy atom. The standard InChI is InChI=1S/C11H12BrNO/c1-7(6-14)10-5-13-11-3-2-8(12)4-9(10)11/h2-5,7,13-14H,6H2,1H3/t7-/m0/s1. The lowest BCUT2D eigenvalue weighted by Gasteiger charge is -2.05. The number of hydrogen-bond donors (Lipinski definition) is 2. The molecule has 1 aromatic heterocycles. The Bertz CT molecular complexity index is 449. The van der Waals surface area contributed by atoms with E-state index in [9.17, 15) is 0 Å². The molecule has 0 saturated carbocycles. The Balaban J connectivity index is 2.61. The minimum atomic E-state index is 0.179. The van der Waals surface area contributed by atoms with E-state index in [-0.39, 0.29) is 12.5 Å². The van der Waals surface area contributed by atoms with Gasteiger partial charge in [-0.2, -0.15) is 0 Å². The molecule has 0 aliphatic carbocycles. The van der Waals surface area contributed by atoms with Crippen molar-refractivity contribution in [2.24, 2.45) is 0 Å². The normalized spacial score (nSPS) is 13.4. The highest BCUT2D eigenvalue weighted by Crippen LogP contribution is 2.27. The minimum absolute atomic E-state index is 0.179. The lowest BCUT2D eigenvalue weighted by atomic mass is 10.0. The van der Waals surface area contributed by atoms with E-state index >= 15 is 0 Å². The molecule has 2 rings (SSSR count). The van der Waals surface area contributed by atoms with Crippen molar-refractivity contribution < 1.29 is 5.11 Å². The molecule has 1 aromatic carbocycles. The van der Waals surface area contributed by atoms with Gasteiger partial charge in [0.15, 0.2) is 0 Å². The van der Waals surface area contributed by atoms with Gasteiger partial charge >= 0.3 is 0 Å². The molecule has 0 fully saturated rings. The number of benzene rings is 1. The molecule has 0 radical (unpaired) electrons. The molecule has 2 N–H and O–H groups in total. The van der Waals surface area contributed by atoms with Crippen LogP contribution in [0.1, 0.15) is 18.4 Å². The third kappa shape index (κ3) is 1.57. The van der Waals surface area contributed by atoms with Gasteiger partial charge in [-0.1, -0.05) is 22.9 Å². The smallest absolute Gasteiger partial charge is 0.0497 e. The molecule has 0 unspecified atom stereocenters. The van der Waals surface area contributed by atoms with Crippen molar-refractivity contribution in [3.05, 3.63) is 34.4 Å². The topological polar surface area (TPSA) is 36.0 Å². The SMILES string of the molecule is C[C@@H](CO)c1c[nH]c2ccc(Br)cc12. The molecule has 3 heteroatoms. The Morgan fingerprint density at radius 1 is 1.50 bits per heavy atom. The Morgan fingerprint density at radius 3 is 3.00 bits per heavy atom. The van der Waals surface area contributed by atoms with Gasteiger partial charge in [-0.3, -0.25) is 0 Å². The van der Waals surface area contributed by atoms with E-state index in [1.54, 1.807) is 0 Å². The number of nitrogens with one attached hydrogen (secondary N) is 1. The van der Waals surface area contributed by atoms with Crippen molar-refractivity contribution in [2.75, 3.05) is 6.61 Å². The first kappa shape index (κ1) is 9.74. The van der Waals surface area contributed by atoms with Crippen molar-refractivity contribution in [1.82, 2.24) is 4.98 Å². The molecule has 14 heavy (non-hydrogen) atoms. The number of aromatic nitrogens is 1. The van der Waals surface area contributed by atoms with Gasteiger partial charge in [0.25, 0.3) is 0 Å². The van der Waals surface area contributed by atoms with Gasteiger partial charge in [-0.15, -0.1) is 0 Å². The number of halogens is 1. The van der Waals surface area contributed by atoms with Crippen LogP contribution in [-0.2, 0) is 0 Å². The van der Waals surface area contributed by atoms with Gasteiger partial charge in [-0.05, 0) is 23.8 Å². The van der Waals surface area contributed by atoms with Gasteiger partial charge in [0.05, 0.1) is 0 Å². The largest absolute Gasteiger partial charge is 0.396 e. The summed E-state index contributed by atoms with van der Waals surface area (Å²) in [5.74, 6) is 0.179. The fourth-order valence-electron chi connectivity index (χ4n) is 1.62. The maximum Gasteiger partial charge on any atom is 0.0497 e. The van der Waals surface area contributed by atoms with E-state index in [1.807, 2.05) is 25.3 Å². The lowest BCUT2D eigenvalue weighted by Crippen LogP contribution is -1.97. The molecule has 2 nitrogen and oxygen atoms in total. The first-order valence-corrected chi connectivity index (χ1v) is 5.39. The third-order valence-electron chi connectivity index (χ3n) is 2.48. The summed E-state index contributed by atoms with van der Waals surface area (Å²) in [7, 11) is 0. The van der Waals surface area contributed by atoms with Crippen molar-refractivity contribution in [1.29, 1.82) is 0 Å². The number of aliphatic hydroxyl groups excluding tert-OH is 1. The van der Waals surface area contributed by atoms with Crippen LogP contribution < -0.4 is 0 Å². The summed E-state index contributed by atoms with van der Waals surface area (Å²) >= 11 is 3.45. The summed E-state index contributed by atoms with van der Waals surface area (Å²) in [6.07, 6.45) is 1.97. The summed E-state index contributed by atoms with van der Waals surface area (Å²) in [5.41, 5.74) is 2.28. The van der Waals surface area contributed by atoms with Crippen molar-refractivity contribution >= 4 is 26.8 Å². The summed E-state index contributed by atoms with van der Waals surface area (Å²) in [4.78, 5) is 3.20. The first-order valence-electron chi connectivity index (χ1n) is 4.59. The van der Waals surface area contributed by atoms with E-state index in [2.05, 4.69) is 27.0 Å². The quantitative estimate of drug-likeness (QED) is 0.849. The summed E-state index contributed by atoms with van der Waals surface area (Å²) in [6, 6.07) is 6.12. The summed E-state index contributed by atoms with van der Waals surface area (Å²) in [5, 5.41) is 10.3. The first-order chi connectivity index (χ1) is 6.72. The van der Waals surface area contributed by atoms with Gasteiger partial charge in [-0.25, -0.2) is 0 Å². The van der Waals surface area contributed by atoms with Crippen molar-refractivity contribution in [3.63, 3.8) is 0 Å². The number of fused-ring (bicyclic) bond motifs is 1. The Hall–Kier alpha value is -0.800. The second-order valence-corrected chi connectivity index (χ2v) is 4.43. The summed E-state index contributed by atoms with van der Waals surface area (Å²) in [6.45, 7) is 2.20. The van der Waals surface area contributed by atoms with E-state index in [4.69, 9.17) is 5.11 Å². The van der Waals surface area contributed by atoms with E-state index < -0.39 is 0 Å². The molecule has 0 spiro atoms. The van der Waals surface area contributed by atoms with E-state index in [1.165, 1.54) is 10.9 Å². The maximum atomic E-state index is 9.11. The predicted molar refractivity (Wildman–Crippen MR) is 61.5 cm³/mol. The average molecular weight is 254 g/mol. The highest BCUT2D eigenvalue weighted by Gasteiger charge is 2.10. The average Bonchev–Trinajstić information content (AvgIpc) is 2.59. The number of hydrogen-bond acceptors (Lipinski definition) is 1. The molecule has 74 valence electrons. The molecule has 0 saturated heterocycles. The zero-order chi connectivity index (χ0) is 10.1. The molecule has 2 aromatic rings. The van der Waals surface area contributed by atoms with Crippen LogP contribution in [0.5, 0.6) is 0 Å². The highest BCUT2D eigenvalue weighted by atomic mass is 79.9. The van der Waals surface area contributed by atoms with E-state index in [0.29, 0.717) is 0 Å². The zero-order valence-corrected chi connectivity index (χ0v) is 9.51. The fourth-order valence-corrected chi connectivity index (χ4v) is 1.98. The van der Waals surface area contributed by atoms with Gasteiger partial charge < -0.3 is 10.1 Å². The predicted octanol–water partition coefficient (Wildman–Crippen LogP) is 3.03. The third-order valence-corrected chi connectivity index (χ3v) is 2.97. The molecular formula is C11H12BrNO. The highest BCUT2D eigenvalue weighted by molar-refractivity contribution is 9.10. The number of H-pyrrole nitrogens is 1. The molecule has 1 heterocycles. The number of aromatic amines is 1. The van der Waals surface area contributed by atoms with Crippen LogP contribution in [-0.4, -0.2) is 16.7 Å². The number of rotatable bonds is 2. The minimum Gasteiger partial charge on any atom is -0.396 e. The van der Waals surface area contributed by atoms with Crippen LogP contribution in [0.2, 0.25) is 0 Å². The van der Waals surface area contributed by atoms with Gasteiger partial charge in [0, 0.05) is 34.1 Å². The molecule has 0 aliphatic rings. The lowest BCUT2D eigenvalue weighted by molar-refractivity contribution is 0.273. The molecule has 1 atom stereocenters. The van der Waals surface area contributed by atoms with Crippen LogP contribution in [0.3, 0.4) is 0 Å². The van der Waals surface area contributed by atoms with Crippen LogP contribution in [0, 0.1) is 0 Å². The van der Waals surface area contributed by atoms with Crippen LogP contribution in [0.4, 0.5) is 0 Å². The molecule has 0 bridgehead atoms. The monoisotopic (exact) mass is 253 g/mol. The molecular weight excluding hydrogens is 242 g/mol. The Kier molecular flexibility index (Phi) is 2.61. The number of aliphatic hydroxyl groups is 1. The fraction of sp³-hybridized carbons (Fsp3) is 0.273. The van der Waals surface area contributed by atoms with Gasteiger partial charge in [0.2, 0.25) is 0 Å². The van der Waals surface area contributed by atoms with Crippen LogP contribution in [0.15, 0.2) is 28.9 Å². The van der Waals surface area contributed by atoms with Gasteiger partial charge in [0.1, 0.15) is 0 Å². The second-order valence-electron chi connectivity index (χ2n) is 3.52. The molecule has 0 amide bonds. The summed E-state index contributed by atoms with van der Waals surface area (Å²) < 4.78 is 1.07. The maximum absolute atomic E-state index is 9.11. The van der Waals surface area contributed by atoms with Crippen molar-refractivity contribution in [3.8, 4) is 0 Å². The molecule has 0 aliphatic heterocycles. The van der Waals surface area contributed by atoms with E-state index in [0.717, 1.165) is 9.99 Å².